The lowest BCUT2D eigenvalue weighted by molar-refractivity contribution is -0.117. The minimum Gasteiger partial charge on any atom is -0.309 e. The predicted molar refractivity (Wildman–Crippen MR) is 119 cm³/mol. The molecule has 2 amide bonds. The third kappa shape index (κ3) is 5.57. The molecule has 0 radical (unpaired) electrons. The standard InChI is InChI=1S/C23H26N4O2S/c1-23(2,3)18-12-10-17(11-13-18)21(29)24-20(28)15-30-22-26-25-19(27(22)4)14-16-8-6-5-7-9-16/h5-13H,14-15H2,1-4H3,(H,24,28,29). The highest BCUT2D eigenvalue weighted by molar-refractivity contribution is 7.99. The Morgan fingerprint density at radius 3 is 2.30 bits per heavy atom. The van der Waals surface area contributed by atoms with Crippen LogP contribution in [-0.4, -0.2) is 32.3 Å². The van der Waals surface area contributed by atoms with Crippen molar-refractivity contribution in [2.24, 2.45) is 7.05 Å². The first kappa shape index (κ1) is 21.8. The fourth-order valence-electron chi connectivity index (χ4n) is 2.89. The molecule has 2 aromatic carbocycles. The predicted octanol–water partition coefficient (Wildman–Crippen LogP) is 3.75. The Balaban J connectivity index is 1.54. The van der Waals surface area contributed by atoms with Gasteiger partial charge in [0, 0.05) is 19.0 Å². The highest BCUT2D eigenvalue weighted by atomic mass is 32.2. The first-order valence-corrected chi connectivity index (χ1v) is 10.7. The quantitative estimate of drug-likeness (QED) is 0.612. The van der Waals surface area contributed by atoms with Gasteiger partial charge in [-0.15, -0.1) is 10.2 Å². The smallest absolute Gasteiger partial charge is 0.257 e. The molecule has 6 nitrogen and oxygen atoms in total. The van der Waals surface area contributed by atoms with Gasteiger partial charge in [-0.25, -0.2) is 0 Å². The van der Waals surface area contributed by atoms with Crippen LogP contribution in [0.3, 0.4) is 0 Å². The first-order valence-electron chi connectivity index (χ1n) is 9.74. The summed E-state index contributed by atoms with van der Waals surface area (Å²) in [6.07, 6.45) is 0.667. The van der Waals surface area contributed by atoms with Crippen molar-refractivity contribution >= 4 is 23.6 Å². The molecule has 3 rings (SSSR count). The Hall–Kier alpha value is -2.93. The summed E-state index contributed by atoms with van der Waals surface area (Å²) in [5, 5.41) is 11.5. The summed E-state index contributed by atoms with van der Waals surface area (Å²) in [6, 6.07) is 17.3. The third-order valence-corrected chi connectivity index (χ3v) is 5.75. The van der Waals surface area contributed by atoms with Crippen molar-refractivity contribution in [2.75, 3.05) is 5.75 Å². The van der Waals surface area contributed by atoms with E-state index in [2.05, 4.69) is 36.3 Å². The van der Waals surface area contributed by atoms with Gasteiger partial charge in [0.25, 0.3) is 5.91 Å². The highest BCUT2D eigenvalue weighted by Crippen LogP contribution is 2.22. The first-order chi connectivity index (χ1) is 14.2. The second-order valence-corrected chi connectivity index (χ2v) is 9.06. The molecule has 0 fully saturated rings. The minimum atomic E-state index is -0.399. The Bertz CT molecular complexity index is 1020. The van der Waals surface area contributed by atoms with Crippen molar-refractivity contribution in [1.29, 1.82) is 0 Å². The van der Waals surface area contributed by atoms with Gasteiger partial charge in [-0.2, -0.15) is 0 Å². The van der Waals surface area contributed by atoms with Gasteiger partial charge in [0.05, 0.1) is 5.75 Å². The number of nitrogens with one attached hydrogen (secondary N) is 1. The van der Waals surface area contributed by atoms with Crippen molar-refractivity contribution in [3.63, 3.8) is 0 Å². The fraction of sp³-hybridized carbons (Fsp3) is 0.304. The third-order valence-electron chi connectivity index (χ3n) is 4.73. The van der Waals surface area contributed by atoms with Crippen LogP contribution in [0.25, 0.3) is 0 Å². The molecule has 0 aliphatic rings. The summed E-state index contributed by atoms with van der Waals surface area (Å²) in [7, 11) is 1.88. The van der Waals surface area contributed by atoms with E-state index in [0.29, 0.717) is 17.1 Å². The summed E-state index contributed by atoms with van der Waals surface area (Å²) in [4.78, 5) is 24.6. The highest BCUT2D eigenvalue weighted by Gasteiger charge is 2.16. The number of thioether (sulfide) groups is 1. The van der Waals surface area contributed by atoms with Crippen molar-refractivity contribution in [2.45, 2.75) is 37.8 Å². The summed E-state index contributed by atoms with van der Waals surface area (Å²) in [6.45, 7) is 6.34. The van der Waals surface area contributed by atoms with Gasteiger partial charge >= 0.3 is 0 Å². The molecule has 0 atom stereocenters. The van der Waals surface area contributed by atoms with Crippen molar-refractivity contribution in [3.05, 3.63) is 77.1 Å². The number of carbonyl (C=O) groups excluding carboxylic acids is 2. The number of amides is 2. The van der Waals surface area contributed by atoms with Crippen LogP contribution in [0, 0.1) is 0 Å². The van der Waals surface area contributed by atoms with E-state index in [4.69, 9.17) is 0 Å². The molecule has 0 bridgehead atoms. The molecule has 3 aromatic rings. The number of rotatable bonds is 6. The topological polar surface area (TPSA) is 76.9 Å². The van der Waals surface area contributed by atoms with E-state index in [1.54, 1.807) is 12.1 Å². The fourth-order valence-corrected chi connectivity index (χ4v) is 3.62. The molecule has 0 aliphatic carbocycles. The molecular weight excluding hydrogens is 396 g/mol. The molecule has 1 heterocycles. The lowest BCUT2D eigenvalue weighted by atomic mass is 9.87. The van der Waals surface area contributed by atoms with Gasteiger partial charge < -0.3 is 4.57 Å². The lowest BCUT2D eigenvalue weighted by Gasteiger charge is -2.18. The Morgan fingerprint density at radius 1 is 1.00 bits per heavy atom. The number of hydrogen-bond donors (Lipinski definition) is 1. The molecule has 0 saturated heterocycles. The van der Waals surface area contributed by atoms with E-state index in [0.717, 1.165) is 17.0 Å². The average Bonchev–Trinajstić information content (AvgIpc) is 3.06. The molecule has 7 heteroatoms. The summed E-state index contributed by atoms with van der Waals surface area (Å²) in [5.41, 5.74) is 2.75. The van der Waals surface area contributed by atoms with Gasteiger partial charge in [0.15, 0.2) is 5.16 Å². The van der Waals surface area contributed by atoms with Crippen LogP contribution >= 0.6 is 11.8 Å². The van der Waals surface area contributed by atoms with E-state index in [9.17, 15) is 9.59 Å². The van der Waals surface area contributed by atoms with Gasteiger partial charge in [-0.1, -0.05) is 75.0 Å². The van der Waals surface area contributed by atoms with Crippen LogP contribution in [0.1, 0.15) is 48.1 Å². The zero-order chi connectivity index (χ0) is 21.7. The summed E-state index contributed by atoms with van der Waals surface area (Å²) >= 11 is 1.25. The zero-order valence-corrected chi connectivity index (χ0v) is 18.5. The van der Waals surface area contributed by atoms with Crippen molar-refractivity contribution in [3.8, 4) is 0 Å². The SMILES string of the molecule is Cn1c(Cc2ccccc2)nnc1SCC(=O)NC(=O)c1ccc(C(C)(C)C)cc1. The molecule has 0 aliphatic heterocycles. The normalized spacial score (nSPS) is 11.3. The molecule has 156 valence electrons. The zero-order valence-electron chi connectivity index (χ0n) is 17.7. The van der Waals surface area contributed by atoms with Crippen LogP contribution in [0.2, 0.25) is 0 Å². The van der Waals surface area contributed by atoms with E-state index < -0.39 is 5.91 Å². The molecule has 0 spiro atoms. The van der Waals surface area contributed by atoms with E-state index in [-0.39, 0.29) is 17.1 Å². The van der Waals surface area contributed by atoms with Crippen LogP contribution < -0.4 is 5.32 Å². The minimum absolute atomic E-state index is 0.0108. The molecule has 1 aromatic heterocycles. The van der Waals surface area contributed by atoms with Gasteiger partial charge in [-0.05, 0) is 28.7 Å². The Labute approximate surface area is 181 Å². The average molecular weight is 423 g/mol. The molecule has 0 unspecified atom stereocenters. The van der Waals surface area contributed by atoms with E-state index in [1.165, 1.54) is 11.8 Å². The van der Waals surface area contributed by atoms with E-state index in [1.807, 2.05) is 54.1 Å². The number of benzene rings is 2. The molecular formula is C23H26N4O2S. The maximum Gasteiger partial charge on any atom is 0.257 e. The molecule has 1 N–H and O–H groups in total. The van der Waals surface area contributed by atoms with E-state index >= 15 is 0 Å². The summed E-state index contributed by atoms with van der Waals surface area (Å²) < 4.78 is 1.87. The number of imide groups is 1. The van der Waals surface area contributed by atoms with Crippen LogP contribution in [0.4, 0.5) is 0 Å². The van der Waals surface area contributed by atoms with Crippen LogP contribution in [0.15, 0.2) is 59.8 Å². The molecule has 0 saturated carbocycles. The number of nitrogens with zero attached hydrogens (tertiary/aromatic N) is 3. The number of hydrogen-bond acceptors (Lipinski definition) is 5. The monoisotopic (exact) mass is 422 g/mol. The largest absolute Gasteiger partial charge is 0.309 e. The second-order valence-electron chi connectivity index (χ2n) is 8.11. The van der Waals surface area contributed by atoms with Crippen molar-refractivity contribution < 1.29 is 9.59 Å². The number of carbonyl (C=O) groups is 2. The second kappa shape index (κ2) is 9.26. The number of aromatic nitrogens is 3. The Morgan fingerprint density at radius 2 is 1.67 bits per heavy atom. The lowest BCUT2D eigenvalue weighted by Crippen LogP contribution is -2.32. The van der Waals surface area contributed by atoms with Gasteiger partial charge in [-0.3, -0.25) is 14.9 Å². The summed E-state index contributed by atoms with van der Waals surface area (Å²) in [5.74, 6) is 0.142. The van der Waals surface area contributed by atoms with Gasteiger partial charge in [0.2, 0.25) is 5.91 Å². The molecule has 30 heavy (non-hydrogen) atoms. The van der Waals surface area contributed by atoms with Crippen LogP contribution in [0.5, 0.6) is 0 Å². The van der Waals surface area contributed by atoms with Crippen LogP contribution in [-0.2, 0) is 23.7 Å². The maximum atomic E-state index is 12.3. The van der Waals surface area contributed by atoms with Crippen molar-refractivity contribution in [1.82, 2.24) is 20.1 Å². The van der Waals surface area contributed by atoms with Gasteiger partial charge in [0.1, 0.15) is 5.82 Å². The Kier molecular flexibility index (Phi) is 6.72. The maximum absolute atomic E-state index is 12.3.